The second kappa shape index (κ2) is 9.87. The van der Waals surface area contributed by atoms with Gasteiger partial charge in [0.15, 0.2) is 0 Å². The summed E-state index contributed by atoms with van der Waals surface area (Å²) in [5.74, 6) is -1.09. The van der Waals surface area contributed by atoms with Crippen LogP contribution in [0.1, 0.15) is 46.5 Å². The fourth-order valence-corrected chi connectivity index (χ4v) is 1.11. The van der Waals surface area contributed by atoms with Crippen molar-refractivity contribution in [3.63, 3.8) is 0 Å². The van der Waals surface area contributed by atoms with Crippen LogP contribution in [0.15, 0.2) is 0 Å². The quantitative estimate of drug-likeness (QED) is 0.672. The van der Waals surface area contributed by atoms with Crippen molar-refractivity contribution in [3.05, 3.63) is 0 Å². The van der Waals surface area contributed by atoms with Gasteiger partial charge in [0, 0.05) is 6.42 Å². The molecule has 4 N–H and O–H groups in total. The summed E-state index contributed by atoms with van der Waals surface area (Å²) in [6, 6.07) is -0.814. The Bertz CT molecular complexity index is 291. The monoisotopic (exact) mass is 324 g/mol. The number of nitrogens with two attached hydrogens (primary N) is 1. The minimum atomic E-state index is -0.814. The molecule has 0 spiro atoms. The normalized spacial score (nSPS) is 10.0. The molecular formula is C11H21BrN2O4. The number of carbonyl (C=O) groups is 3. The molecule has 0 bridgehead atoms. The first kappa shape index (κ1) is 19.2. The van der Waals surface area contributed by atoms with Crippen LogP contribution in [-0.2, 0) is 9.59 Å². The Morgan fingerprint density at radius 1 is 1.22 bits per heavy atom. The van der Waals surface area contributed by atoms with Crippen LogP contribution in [-0.4, -0.2) is 27.3 Å². The van der Waals surface area contributed by atoms with Crippen molar-refractivity contribution < 1.29 is 19.5 Å². The van der Waals surface area contributed by atoms with Gasteiger partial charge < -0.3 is 10.8 Å². The first-order valence-corrected chi connectivity index (χ1v) is 6.54. The Morgan fingerprint density at radius 2 is 1.67 bits per heavy atom. The zero-order valence-electron chi connectivity index (χ0n) is 11.0. The van der Waals surface area contributed by atoms with Crippen molar-refractivity contribution >= 4 is 33.8 Å². The van der Waals surface area contributed by atoms with E-state index in [2.05, 4.69) is 15.9 Å². The Morgan fingerprint density at radius 3 is 1.83 bits per heavy atom. The number of rotatable bonds is 5. The third-order valence-electron chi connectivity index (χ3n) is 2.23. The van der Waals surface area contributed by atoms with Gasteiger partial charge in [-0.05, 0) is 19.3 Å². The van der Waals surface area contributed by atoms with Crippen molar-refractivity contribution in [1.29, 1.82) is 0 Å². The van der Waals surface area contributed by atoms with E-state index in [-0.39, 0.29) is 5.91 Å². The van der Waals surface area contributed by atoms with Gasteiger partial charge in [-0.15, -0.1) is 0 Å². The number of urea groups is 1. The molecule has 0 aliphatic heterocycles. The number of hydrogen-bond acceptors (Lipinski definition) is 3. The summed E-state index contributed by atoms with van der Waals surface area (Å²) >= 11 is 3.26. The summed E-state index contributed by atoms with van der Waals surface area (Å²) < 4.78 is -0.665. The summed E-state index contributed by atoms with van der Waals surface area (Å²) in [5, 5.41) is 9.95. The van der Waals surface area contributed by atoms with E-state index in [1.807, 2.05) is 26.1 Å². The lowest BCUT2D eigenvalue weighted by molar-refractivity contribution is -0.137. The van der Waals surface area contributed by atoms with Crippen LogP contribution in [0.2, 0.25) is 0 Å². The number of imide groups is 1. The van der Waals surface area contributed by atoms with E-state index in [0.717, 1.165) is 6.42 Å². The van der Waals surface area contributed by atoms with Crippen LogP contribution in [0.3, 0.4) is 0 Å². The van der Waals surface area contributed by atoms with E-state index in [0.29, 0.717) is 19.3 Å². The largest absolute Gasteiger partial charge is 0.481 e. The SMILES string of the molecule is CCC(Br)(CC)C(=O)NC(N)=O.CCCC(=O)O. The standard InChI is InChI=1S/C7H13BrN2O2.C4H8O2/c1-3-7(8,4-2)5(11)10-6(9)12;1-2-3-4(5)6/h3-4H2,1-2H3,(H3,9,10,11,12);2-3H2,1H3,(H,5,6). The number of nitrogens with one attached hydrogen (secondary N) is 1. The number of carbonyl (C=O) groups excluding carboxylic acids is 2. The predicted molar refractivity (Wildman–Crippen MR) is 72.5 cm³/mol. The maximum absolute atomic E-state index is 11.3. The Kier molecular flexibility index (Phi) is 10.6. The third-order valence-corrected chi connectivity index (χ3v) is 3.71. The second-order valence-electron chi connectivity index (χ2n) is 3.63. The minimum absolute atomic E-state index is 0.292. The van der Waals surface area contributed by atoms with E-state index in [9.17, 15) is 14.4 Å². The van der Waals surface area contributed by atoms with Gasteiger partial charge in [0.1, 0.15) is 4.32 Å². The van der Waals surface area contributed by atoms with Gasteiger partial charge in [0.2, 0.25) is 5.91 Å². The van der Waals surface area contributed by atoms with E-state index < -0.39 is 16.3 Å². The summed E-state index contributed by atoms with van der Waals surface area (Å²) in [4.78, 5) is 31.2. The fraction of sp³-hybridized carbons (Fsp3) is 0.727. The Balaban J connectivity index is 0. The van der Waals surface area contributed by atoms with Crippen molar-refractivity contribution in [3.8, 4) is 0 Å². The van der Waals surface area contributed by atoms with E-state index in [4.69, 9.17) is 10.8 Å². The zero-order valence-corrected chi connectivity index (χ0v) is 12.5. The number of alkyl halides is 1. The first-order valence-electron chi connectivity index (χ1n) is 5.75. The molecule has 0 aliphatic rings. The summed E-state index contributed by atoms with van der Waals surface area (Å²) in [5.41, 5.74) is 4.81. The molecule has 0 saturated heterocycles. The molecule has 0 aromatic rings. The average molecular weight is 325 g/mol. The summed E-state index contributed by atoms with van der Waals surface area (Å²) in [6.45, 7) is 5.56. The van der Waals surface area contributed by atoms with Crippen LogP contribution in [0.5, 0.6) is 0 Å². The van der Waals surface area contributed by atoms with Crippen LogP contribution in [0.25, 0.3) is 0 Å². The zero-order chi connectivity index (χ0) is 14.8. The topological polar surface area (TPSA) is 109 Å². The van der Waals surface area contributed by atoms with Crippen molar-refractivity contribution in [2.45, 2.75) is 50.8 Å². The molecular weight excluding hydrogens is 304 g/mol. The molecule has 0 heterocycles. The Hall–Kier alpha value is -1.11. The minimum Gasteiger partial charge on any atom is -0.481 e. The van der Waals surface area contributed by atoms with E-state index in [1.165, 1.54) is 0 Å². The molecule has 0 aliphatic carbocycles. The number of carboxylic acids is 1. The van der Waals surface area contributed by atoms with Crippen LogP contribution < -0.4 is 11.1 Å². The van der Waals surface area contributed by atoms with Crippen molar-refractivity contribution in [2.24, 2.45) is 5.73 Å². The van der Waals surface area contributed by atoms with Gasteiger partial charge >= 0.3 is 12.0 Å². The van der Waals surface area contributed by atoms with Gasteiger partial charge in [0.05, 0.1) is 0 Å². The average Bonchev–Trinajstić information content (AvgIpc) is 2.27. The predicted octanol–water partition coefficient (Wildman–Crippen LogP) is 2.01. The number of amides is 3. The molecule has 6 nitrogen and oxygen atoms in total. The molecule has 18 heavy (non-hydrogen) atoms. The van der Waals surface area contributed by atoms with Crippen molar-refractivity contribution in [1.82, 2.24) is 5.32 Å². The smallest absolute Gasteiger partial charge is 0.318 e. The second-order valence-corrected chi connectivity index (χ2v) is 5.15. The summed E-state index contributed by atoms with van der Waals surface area (Å²) in [7, 11) is 0. The lowest BCUT2D eigenvalue weighted by atomic mass is 10.0. The molecule has 7 heteroatoms. The highest BCUT2D eigenvalue weighted by molar-refractivity contribution is 9.10. The maximum atomic E-state index is 11.3. The molecule has 0 unspecified atom stereocenters. The molecule has 0 saturated carbocycles. The van der Waals surface area contributed by atoms with Crippen LogP contribution in [0, 0.1) is 0 Å². The molecule has 0 atom stereocenters. The highest BCUT2D eigenvalue weighted by Gasteiger charge is 2.32. The molecule has 3 amide bonds. The number of primary amides is 1. The number of halogens is 1. The highest BCUT2D eigenvalue weighted by atomic mass is 79.9. The van der Waals surface area contributed by atoms with Crippen LogP contribution >= 0.6 is 15.9 Å². The molecule has 106 valence electrons. The lowest BCUT2D eigenvalue weighted by Crippen LogP contribution is -2.46. The van der Waals surface area contributed by atoms with Gasteiger partial charge in [-0.3, -0.25) is 14.9 Å². The van der Waals surface area contributed by atoms with Gasteiger partial charge in [-0.2, -0.15) is 0 Å². The van der Waals surface area contributed by atoms with Crippen molar-refractivity contribution in [2.75, 3.05) is 0 Å². The lowest BCUT2D eigenvalue weighted by Gasteiger charge is -2.21. The summed E-state index contributed by atoms with van der Waals surface area (Å²) in [6.07, 6.45) is 2.25. The highest BCUT2D eigenvalue weighted by Crippen LogP contribution is 2.26. The molecule has 0 radical (unpaired) electrons. The van der Waals surface area contributed by atoms with Crippen LogP contribution in [0.4, 0.5) is 4.79 Å². The molecule has 0 aromatic carbocycles. The van der Waals surface area contributed by atoms with Gasteiger partial charge in [-0.25, -0.2) is 4.79 Å². The van der Waals surface area contributed by atoms with Gasteiger partial charge in [-0.1, -0.05) is 36.7 Å². The number of hydrogen-bond donors (Lipinski definition) is 3. The van der Waals surface area contributed by atoms with E-state index in [1.54, 1.807) is 0 Å². The fourth-order valence-electron chi connectivity index (χ4n) is 1.01. The van der Waals surface area contributed by atoms with Gasteiger partial charge in [0.25, 0.3) is 0 Å². The third kappa shape index (κ3) is 8.98. The molecule has 0 rings (SSSR count). The first-order chi connectivity index (χ1) is 8.23. The maximum Gasteiger partial charge on any atom is 0.318 e. The van der Waals surface area contributed by atoms with E-state index >= 15 is 0 Å². The molecule has 0 fully saturated rings. The number of carboxylic acid groups (broad SMARTS) is 1. The Labute approximate surface area is 115 Å². The molecule has 0 aromatic heterocycles. The number of aliphatic carboxylic acids is 1.